The average molecular weight is 424 g/mol. The van der Waals surface area contributed by atoms with Crippen LogP contribution in [0.1, 0.15) is 33.9 Å². The Morgan fingerprint density at radius 1 is 1.03 bits per heavy atom. The molecule has 30 heavy (non-hydrogen) atoms. The first-order valence-corrected chi connectivity index (χ1v) is 10.1. The lowest BCUT2D eigenvalue weighted by molar-refractivity contribution is -0.118. The summed E-state index contributed by atoms with van der Waals surface area (Å²) in [4.78, 5) is 40.6. The fourth-order valence-electron chi connectivity index (χ4n) is 2.59. The van der Waals surface area contributed by atoms with Gasteiger partial charge in [-0.2, -0.15) is 0 Å². The van der Waals surface area contributed by atoms with E-state index in [1.165, 1.54) is 6.92 Å². The number of ketones is 1. The summed E-state index contributed by atoms with van der Waals surface area (Å²) < 4.78 is 10.6. The zero-order valence-corrected chi connectivity index (χ0v) is 17.3. The molecule has 0 aliphatic carbocycles. The van der Waals surface area contributed by atoms with E-state index in [1.54, 1.807) is 31.2 Å². The van der Waals surface area contributed by atoms with Crippen molar-refractivity contribution >= 4 is 34.1 Å². The zero-order chi connectivity index (χ0) is 21.5. The van der Waals surface area contributed by atoms with Gasteiger partial charge in [0.2, 0.25) is 0 Å². The van der Waals surface area contributed by atoms with Gasteiger partial charge in [-0.15, -0.1) is 0 Å². The van der Waals surface area contributed by atoms with Crippen LogP contribution in [-0.4, -0.2) is 35.9 Å². The smallest absolute Gasteiger partial charge is 0.350 e. The molecule has 0 aliphatic rings. The highest BCUT2D eigenvalue weighted by molar-refractivity contribution is 7.18. The molecule has 1 N–H and O–H groups in total. The number of hydrogen-bond donors (Lipinski definition) is 1. The van der Waals surface area contributed by atoms with Gasteiger partial charge in [0.05, 0.1) is 12.3 Å². The summed E-state index contributed by atoms with van der Waals surface area (Å²) in [5, 5.41) is 2.93. The highest BCUT2D eigenvalue weighted by atomic mass is 32.1. The van der Waals surface area contributed by atoms with Gasteiger partial charge in [-0.25, -0.2) is 9.78 Å². The van der Waals surface area contributed by atoms with Crippen molar-refractivity contribution in [2.75, 3.05) is 18.5 Å². The number of hydrogen-bond acceptors (Lipinski definition) is 7. The maximum Gasteiger partial charge on any atom is 0.350 e. The number of ether oxygens (including phenoxy) is 2. The maximum atomic E-state index is 12.3. The molecule has 7 nitrogen and oxygen atoms in total. The zero-order valence-electron chi connectivity index (χ0n) is 16.5. The fraction of sp³-hybridized carbons (Fsp3) is 0.182. The van der Waals surface area contributed by atoms with Gasteiger partial charge in [0.1, 0.15) is 10.6 Å². The minimum Gasteiger partial charge on any atom is -0.484 e. The SMILES string of the molecule is CCOC(=O)c1sc(NC(=O)COc2ccc(C(C)=O)cc2)nc1-c1ccccc1. The molecule has 0 bridgehead atoms. The Kier molecular flexibility index (Phi) is 6.92. The quantitative estimate of drug-likeness (QED) is 0.430. The third-order valence-electron chi connectivity index (χ3n) is 4.01. The van der Waals surface area contributed by atoms with E-state index in [0.29, 0.717) is 21.9 Å². The number of nitrogens with zero attached hydrogens (tertiary/aromatic N) is 1. The van der Waals surface area contributed by atoms with Gasteiger partial charge >= 0.3 is 5.97 Å². The molecule has 3 aromatic rings. The molecule has 2 aromatic carbocycles. The van der Waals surface area contributed by atoms with E-state index in [9.17, 15) is 14.4 Å². The molecule has 0 fully saturated rings. The number of carbonyl (C=O) groups excluding carboxylic acids is 3. The van der Waals surface area contributed by atoms with E-state index in [2.05, 4.69) is 10.3 Å². The highest BCUT2D eigenvalue weighted by Gasteiger charge is 2.21. The van der Waals surface area contributed by atoms with Gasteiger partial charge < -0.3 is 9.47 Å². The molecule has 1 amide bonds. The predicted molar refractivity (Wildman–Crippen MR) is 114 cm³/mol. The van der Waals surface area contributed by atoms with Crippen LogP contribution in [0.15, 0.2) is 54.6 Å². The van der Waals surface area contributed by atoms with Crippen LogP contribution in [-0.2, 0) is 9.53 Å². The topological polar surface area (TPSA) is 94.6 Å². The Labute approximate surface area is 177 Å². The minimum atomic E-state index is -0.490. The van der Waals surface area contributed by atoms with Gasteiger partial charge in [0.25, 0.3) is 5.91 Å². The molecule has 0 atom stereocenters. The van der Waals surface area contributed by atoms with Gasteiger partial charge in [0.15, 0.2) is 17.5 Å². The van der Waals surface area contributed by atoms with Gasteiger partial charge in [-0.1, -0.05) is 41.7 Å². The Morgan fingerprint density at radius 3 is 2.37 bits per heavy atom. The number of nitrogens with one attached hydrogen (secondary N) is 1. The molecule has 0 radical (unpaired) electrons. The number of amides is 1. The van der Waals surface area contributed by atoms with E-state index in [-0.39, 0.29) is 24.1 Å². The van der Waals surface area contributed by atoms with Gasteiger partial charge in [-0.05, 0) is 38.1 Å². The van der Waals surface area contributed by atoms with E-state index in [1.807, 2.05) is 30.3 Å². The molecule has 0 saturated heterocycles. The summed E-state index contributed by atoms with van der Waals surface area (Å²) >= 11 is 1.05. The van der Waals surface area contributed by atoms with E-state index < -0.39 is 11.9 Å². The lowest BCUT2D eigenvalue weighted by Crippen LogP contribution is -2.20. The molecule has 0 aliphatic heterocycles. The molecule has 3 rings (SSSR count). The molecular formula is C22H20N2O5S. The van der Waals surface area contributed by atoms with Crippen molar-refractivity contribution in [2.45, 2.75) is 13.8 Å². The lowest BCUT2D eigenvalue weighted by Gasteiger charge is -2.06. The van der Waals surface area contributed by atoms with E-state index in [0.717, 1.165) is 16.9 Å². The monoisotopic (exact) mass is 424 g/mol. The molecule has 0 saturated carbocycles. The van der Waals surface area contributed by atoms with Crippen LogP contribution < -0.4 is 10.1 Å². The van der Waals surface area contributed by atoms with Crippen molar-refractivity contribution in [1.82, 2.24) is 4.98 Å². The minimum absolute atomic E-state index is 0.0466. The van der Waals surface area contributed by atoms with Crippen molar-refractivity contribution in [3.63, 3.8) is 0 Å². The number of thiazole rings is 1. The number of carbonyl (C=O) groups is 3. The second kappa shape index (κ2) is 9.80. The summed E-state index contributed by atoms with van der Waals surface area (Å²) in [5.74, 6) is -0.494. The summed E-state index contributed by atoms with van der Waals surface area (Å²) in [6.45, 7) is 3.20. The van der Waals surface area contributed by atoms with Crippen LogP contribution >= 0.6 is 11.3 Å². The lowest BCUT2D eigenvalue weighted by atomic mass is 10.1. The molecule has 0 unspecified atom stereocenters. The van der Waals surface area contributed by atoms with Gasteiger partial charge in [-0.3, -0.25) is 14.9 Å². The third-order valence-corrected chi connectivity index (χ3v) is 4.96. The fourth-order valence-corrected chi connectivity index (χ4v) is 3.49. The second-order valence-corrected chi connectivity index (χ2v) is 7.20. The second-order valence-electron chi connectivity index (χ2n) is 6.20. The number of aromatic nitrogens is 1. The highest BCUT2D eigenvalue weighted by Crippen LogP contribution is 2.31. The van der Waals surface area contributed by atoms with Crippen molar-refractivity contribution in [3.05, 3.63) is 65.0 Å². The van der Waals surface area contributed by atoms with Crippen molar-refractivity contribution < 1.29 is 23.9 Å². The molecule has 8 heteroatoms. The van der Waals surface area contributed by atoms with Crippen molar-refractivity contribution in [2.24, 2.45) is 0 Å². The summed E-state index contributed by atoms with van der Waals surface area (Å²) in [6, 6.07) is 15.7. The Bertz CT molecular complexity index is 1050. The van der Waals surface area contributed by atoms with Crippen LogP contribution in [0.5, 0.6) is 5.75 Å². The van der Waals surface area contributed by atoms with Gasteiger partial charge in [0, 0.05) is 11.1 Å². The summed E-state index contributed by atoms with van der Waals surface area (Å²) in [5.41, 5.74) is 1.77. The Morgan fingerprint density at radius 2 is 1.73 bits per heavy atom. The standard InChI is InChI=1S/C22H20N2O5S/c1-3-28-21(27)20-19(16-7-5-4-6-8-16)24-22(30-20)23-18(26)13-29-17-11-9-15(10-12-17)14(2)25/h4-12H,3,13H2,1-2H3,(H,23,24,26). The van der Waals surface area contributed by atoms with Crippen LogP contribution in [0.4, 0.5) is 5.13 Å². The summed E-state index contributed by atoms with van der Waals surface area (Å²) in [7, 11) is 0. The van der Waals surface area contributed by atoms with Crippen LogP contribution in [0, 0.1) is 0 Å². The number of benzene rings is 2. The third kappa shape index (κ3) is 5.30. The van der Waals surface area contributed by atoms with Crippen LogP contribution in [0.2, 0.25) is 0 Å². The van der Waals surface area contributed by atoms with Crippen molar-refractivity contribution in [3.8, 4) is 17.0 Å². The van der Waals surface area contributed by atoms with E-state index in [4.69, 9.17) is 9.47 Å². The molecule has 154 valence electrons. The molecule has 1 aromatic heterocycles. The maximum absolute atomic E-state index is 12.3. The Balaban J connectivity index is 1.70. The number of anilines is 1. The summed E-state index contributed by atoms with van der Waals surface area (Å²) in [6.07, 6.45) is 0. The Hall–Kier alpha value is -3.52. The first kappa shape index (κ1) is 21.2. The van der Waals surface area contributed by atoms with E-state index >= 15 is 0 Å². The molecule has 0 spiro atoms. The predicted octanol–water partition coefficient (Wildman–Crippen LogP) is 4.21. The first-order valence-electron chi connectivity index (χ1n) is 9.25. The largest absolute Gasteiger partial charge is 0.484 e. The number of Topliss-reactive ketones (excluding diaryl/α,β-unsaturated/α-hetero) is 1. The van der Waals surface area contributed by atoms with Crippen molar-refractivity contribution in [1.29, 1.82) is 0 Å². The molecular weight excluding hydrogens is 404 g/mol. The first-order chi connectivity index (χ1) is 14.5. The normalized spacial score (nSPS) is 10.3. The van der Waals surface area contributed by atoms with Crippen LogP contribution in [0.3, 0.4) is 0 Å². The van der Waals surface area contributed by atoms with Crippen LogP contribution in [0.25, 0.3) is 11.3 Å². The average Bonchev–Trinajstić information content (AvgIpc) is 3.17. The number of esters is 1. The molecule has 1 heterocycles. The number of rotatable bonds is 8.